The molecule has 16 heavy (non-hydrogen) atoms. The summed E-state index contributed by atoms with van der Waals surface area (Å²) in [5.41, 5.74) is -0.406. The number of halogens is 2. The molecule has 2 rings (SSSR count). The maximum atomic E-state index is 13.4. The van der Waals surface area contributed by atoms with Gasteiger partial charge in [-0.3, -0.25) is 0 Å². The largest absolute Gasteiger partial charge is 0.483 e. The lowest BCUT2D eigenvalue weighted by molar-refractivity contribution is 0.0571. The summed E-state index contributed by atoms with van der Waals surface area (Å²) in [5.74, 6) is -1.11. The molecule has 1 aromatic carbocycles. The van der Waals surface area contributed by atoms with Crippen LogP contribution in [0.2, 0.25) is 0 Å². The third-order valence-corrected chi connectivity index (χ3v) is 2.81. The van der Waals surface area contributed by atoms with Gasteiger partial charge in [-0.1, -0.05) is 0 Å². The van der Waals surface area contributed by atoms with Crippen LogP contribution < -0.4 is 10.1 Å². The molecule has 1 saturated heterocycles. The number of piperidine rings is 1. The Hall–Kier alpha value is -1.16. The van der Waals surface area contributed by atoms with E-state index in [1.807, 2.05) is 6.92 Å². The zero-order valence-electron chi connectivity index (χ0n) is 9.22. The SMILES string of the molecule is CC1(Oc2ccc(F)cc2F)CCCNC1. The second kappa shape index (κ2) is 4.37. The Kier molecular flexibility index (Phi) is 3.10. The van der Waals surface area contributed by atoms with Gasteiger partial charge in [0.2, 0.25) is 0 Å². The van der Waals surface area contributed by atoms with Crippen molar-refractivity contribution in [3.05, 3.63) is 29.8 Å². The highest BCUT2D eigenvalue weighted by atomic mass is 19.1. The summed E-state index contributed by atoms with van der Waals surface area (Å²) in [6, 6.07) is 3.39. The highest BCUT2D eigenvalue weighted by molar-refractivity contribution is 5.25. The summed E-state index contributed by atoms with van der Waals surface area (Å²) in [6.07, 6.45) is 1.87. The zero-order chi connectivity index (χ0) is 11.6. The van der Waals surface area contributed by atoms with E-state index >= 15 is 0 Å². The van der Waals surface area contributed by atoms with Gasteiger partial charge in [0.05, 0.1) is 0 Å². The molecule has 1 N–H and O–H groups in total. The van der Waals surface area contributed by atoms with Crippen LogP contribution in [0.4, 0.5) is 8.78 Å². The summed E-state index contributed by atoms with van der Waals surface area (Å²) in [4.78, 5) is 0. The molecular weight excluding hydrogens is 212 g/mol. The second-order valence-corrected chi connectivity index (χ2v) is 4.41. The fourth-order valence-corrected chi connectivity index (χ4v) is 1.94. The first-order chi connectivity index (χ1) is 7.59. The molecule has 0 bridgehead atoms. The third kappa shape index (κ3) is 2.50. The predicted octanol–water partition coefficient (Wildman–Crippen LogP) is 2.49. The molecule has 0 amide bonds. The van der Waals surface area contributed by atoms with Crippen LogP contribution in [0.25, 0.3) is 0 Å². The summed E-state index contributed by atoms with van der Waals surface area (Å²) >= 11 is 0. The standard InChI is InChI=1S/C12H15F2NO/c1-12(5-2-6-15-8-12)16-11-4-3-9(13)7-10(11)14/h3-4,7,15H,2,5-6,8H2,1H3. The molecule has 0 aromatic heterocycles. The summed E-state index contributed by atoms with van der Waals surface area (Å²) in [5, 5.41) is 3.20. The normalized spacial score (nSPS) is 25.4. The van der Waals surface area contributed by atoms with Crippen LogP contribution in [0.15, 0.2) is 18.2 Å². The van der Waals surface area contributed by atoms with Crippen LogP contribution in [0.1, 0.15) is 19.8 Å². The number of rotatable bonds is 2. The van der Waals surface area contributed by atoms with E-state index in [0.717, 1.165) is 25.5 Å². The maximum absolute atomic E-state index is 13.4. The molecule has 1 unspecified atom stereocenters. The fourth-order valence-electron chi connectivity index (χ4n) is 1.94. The average Bonchev–Trinajstić information content (AvgIpc) is 2.23. The van der Waals surface area contributed by atoms with E-state index in [4.69, 9.17) is 4.74 Å². The fraction of sp³-hybridized carbons (Fsp3) is 0.500. The molecule has 4 heteroatoms. The summed E-state index contributed by atoms with van der Waals surface area (Å²) in [6.45, 7) is 3.58. The summed E-state index contributed by atoms with van der Waals surface area (Å²) < 4.78 is 31.7. The molecule has 1 aromatic rings. The van der Waals surface area contributed by atoms with Crippen LogP contribution in [0.3, 0.4) is 0 Å². The van der Waals surface area contributed by atoms with Crippen molar-refractivity contribution in [1.82, 2.24) is 5.32 Å². The smallest absolute Gasteiger partial charge is 0.168 e. The van der Waals surface area contributed by atoms with E-state index < -0.39 is 17.2 Å². The average molecular weight is 227 g/mol. The van der Waals surface area contributed by atoms with Gasteiger partial charge >= 0.3 is 0 Å². The summed E-state index contributed by atoms with van der Waals surface area (Å²) in [7, 11) is 0. The first kappa shape index (κ1) is 11.3. The Morgan fingerprint density at radius 2 is 2.19 bits per heavy atom. The Labute approximate surface area is 93.6 Å². The maximum Gasteiger partial charge on any atom is 0.168 e. The van der Waals surface area contributed by atoms with Crippen LogP contribution in [-0.4, -0.2) is 18.7 Å². The van der Waals surface area contributed by atoms with Gasteiger partial charge in [0.25, 0.3) is 0 Å². The lowest BCUT2D eigenvalue weighted by Gasteiger charge is -2.34. The molecular formula is C12H15F2NO. The monoisotopic (exact) mass is 227 g/mol. The van der Waals surface area contributed by atoms with E-state index in [0.29, 0.717) is 6.54 Å². The number of hydrogen-bond donors (Lipinski definition) is 1. The van der Waals surface area contributed by atoms with Gasteiger partial charge < -0.3 is 10.1 Å². The predicted molar refractivity (Wildman–Crippen MR) is 57.5 cm³/mol. The van der Waals surface area contributed by atoms with E-state index in [-0.39, 0.29) is 5.75 Å². The molecule has 1 atom stereocenters. The number of benzene rings is 1. The molecule has 0 saturated carbocycles. The van der Waals surface area contributed by atoms with Crippen LogP contribution in [0.5, 0.6) is 5.75 Å². The van der Waals surface area contributed by atoms with E-state index in [9.17, 15) is 8.78 Å². The van der Waals surface area contributed by atoms with Gasteiger partial charge in [-0.05, 0) is 38.4 Å². The minimum absolute atomic E-state index is 0.118. The molecule has 1 fully saturated rings. The van der Waals surface area contributed by atoms with Gasteiger partial charge in [0.15, 0.2) is 11.6 Å². The molecule has 88 valence electrons. The number of hydrogen-bond acceptors (Lipinski definition) is 2. The molecule has 1 aliphatic rings. The van der Waals surface area contributed by atoms with Gasteiger partial charge in [0, 0.05) is 12.6 Å². The molecule has 2 nitrogen and oxygen atoms in total. The van der Waals surface area contributed by atoms with Crippen molar-refractivity contribution >= 4 is 0 Å². The van der Waals surface area contributed by atoms with Crippen molar-refractivity contribution in [2.45, 2.75) is 25.4 Å². The number of ether oxygens (including phenoxy) is 1. The first-order valence-electron chi connectivity index (χ1n) is 5.44. The minimum atomic E-state index is -0.646. The Balaban J connectivity index is 2.13. The van der Waals surface area contributed by atoms with Gasteiger partial charge in [-0.25, -0.2) is 8.78 Å². The van der Waals surface area contributed by atoms with E-state index in [2.05, 4.69) is 5.32 Å². The molecule has 0 aliphatic carbocycles. The quantitative estimate of drug-likeness (QED) is 0.838. The molecule has 1 heterocycles. The van der Waals surface area contributed by atoms with Gasteiger partial charge in [-0.15, -0.1) is 0 Å². The van der Waals surface area contributed by atoms with Crippen LogP contribution >= 0.6 is 0 Å². The number of nitrogens with one attached hydrogen (secondary N) is 1. The molecule has 0 radical (unpaired) electrons. The zero-order valence-corrected chi connectivity index (χ0v) is 9.22. The lowest BCUT2D eigenvalue weighted by Crippen LogP contribution is -2.47. The molecule has 1 aliphatic heterocycles. The van der Waals surface area contributed by atoms with Crippen LogP contribution in [-0.2, 0) is 0 Å². The second-order valence-electron chi connectivity index (χ2n) is 4.41. The highest BCUT2D eigenvalue weighted by Crippen LogP contribution is 2.26. The van der Waals surface area contributed by atoms with E-state index in [1.54, 1.807) is 0 Å². The first-order valence-corrected chi connectivity index (χ1v) is 5.44. The van der Waals surface area contributed by atoms with Crippen molar-refractivity contribution in [3.8, 4) is 5.75 Å². The molecule has 0 spiro atoms. The van der Waals surface area contributed by atoms with Crippen molar-refractivity contribution < 1.29 is 13.5 Å². The van der Waals surface area contributed by atoms with Gasteiger partial charge in [-0.2, -0.15) is 0 Å². The Bertz CT molecular complexity index is 375. The Morgan fingerprint density at radius 1 is 1.38 bits per heavy atom. The lowest BCUT2D eigenvalue weighted by atomic mass is 9.96. The van der Waals surface area contributed by atoms with Crippen molar-refractivity contribution in [3.63, 3.8) is 0 Å². The highest BCUT2D eigenvalue weighted by Gasteiger charge is 2.29. The minimum Gasteiger partial charge on any atom is -0.483 e. The third-order valence-electron chi connectivity index (χ3n) is 2.81. The Morgan fingerprint density at radius 3 is 2.81 bits per heavy atom. The van der Waals surface area contributed by atoms with E-state index in [1.165, 1.54) is 12.1 Å². The van der Waals surface area contributed by atoms with Crippen LogP contribution in [0, 0.1) is 11.6 Å². The van der Waals surface area contributed by atoms with Crippen molar-refractivity contribution in [2.24, 2.45) is 0 Å². The topological polar surface area (TPSA) is 21.3 Å². The van der Waals surface area contributed by atoms with Gasteiger partial charge in [0.1, 0.15) is 11.4 Å². The van der Waals surface area contributed by atoms with Crippen molar-refractivity contribution in [1.29, 1.82) is 0 Å². The van der Waals surface area contributed by atoms with Crippen molar-refractivity contribution in [2.75, 3.05) is 13.1 Å².